The summed E-state index contributed by atoms with van der Waals surface area (Å²) in [5, 5.41) is 7.95. The quantitative estimate of drug-likeness (QED) is 0.146. The molecule has 0 saturated carbocycles. The van der Waals surface area contributed by atoms with Gasteiger partial charge in [-0.05, 0) is 135 Å². The highest BCUT2D eigenvalue weighted by molar-refractivity contribution is 7.00. The molecule has 10 aromatic rings. The van der Waals surface area contributed by atoms with Gasteiger partial charge in [-0.1, -0.05) is 143 Å². The SMILES string of the molecule is Cc1cc2c3c(c1)c1cc(C(C)(C)C)ccc1n3-c1cc(-n3c4cc(C(C)(C)C)ccc4c4ccc(C(C)(C)C)cc43)cc3c1B2c1cc(C)cc2c4cc(C(C)(C)C)ccc4n-3c12. The Bertz CT molecular complexity index is 3480. The van der Waals surface area contributed by atoms with Gasteiger partial charge >= 0.3 is 0 Å². The van der Waals surface area contributed by atoms with E-state index in [0.29, 0.717) is 0 Å². The molecule has 318 valence electrons. The van der Waals surface area contributed by atoms with Gasteiger partial charge in [-0.3, -0.25) is 0 Å². The normalized spacial score (nSPS) is 14.1. The van der Waals surface area contributed by atoms with Gasteiger partial charge in [0, 0.05) is 54.7 Å². The minimum Gasteiger partial charge on any atom is -0.310 e. The molecule has 0 spiro atoms. The molecule has 3 nitrogen and oxygen atoms in total. The summed E-state index contributed by atoms with van der Waals surface area (Å²) >= 11 is 0. The molecule has 2 aliphatic rings. The van der Waals surface area contributed by atoms with Crippen LogP contribution in [0.4, 0.5) is 0 Å². The van der Waals surface area contributed by atoms with Gasteiger partial charge in [-0.2, -0.15) is 0 Å². The first kappa shape index (κ1) is 39.6. The monoisotopic (exact) mass is 833 g/mol. The smallest absolute Gasteiger partial charge is 0.252 e. The number of nitrogens with zero attached hydrogens (tertiary/aromatic N) is 3. The zero-order chi connectivity index (χ0) is 44.9. The third kappa shape index (κ3) is 5.35. The molecule has 0 bridgehead atoms. The molecule has 0 saturated heterocycles. The Hall–Kier alpha value is -6.00. The van der Waals surface area contributed by atoms with Gasteiger partial charge in [-0.25, -0.2) is 0 Å². The van der Waals surface area contributed by atoms with E-state index in [4.69, 9.17) is 0 Å². The molecular weight excluding hydrogens is 773 g/mol. The van der Waals surface area contributed by atoms with Gasteiger partial charge in [0.1, 0.15) is 0 Å². The van der Waals surface area contributed by atoms with E-state index in [1.54, 1.807) is 0 Å². The highest BCUT2D eigenvalue weighted by Crippen LogP contribution is 2.44. The Morgan fingerprint density at radius 2 is 0.719 bits per heavy atom. The van der Waals surface area contributed by atoms with Crippen LogP contribution in [-0.2, 0) is 21.7 Å². The predicted molar refractivity (Wildman–Crippen MR) is 278 cm³/mol. The Balaban J connectivity index is 1.31. The second-order valence-electron chi connectivity index (χ2n) is 23.8. The van der Waals surface area contributed by atoms with Crippen molar-refractivity contribution >= 4 is 88.5 Å². The fourth-order valence-electron chi connectivity index (χ4n) is 11.6. The standard InChI is InChI=1S/C60H60BN3/c1-33-23-44-42-27-35(57(3,4)5)17-21-48(42)63-52-31-39(62-50-29-37(59(9,10)11)15-19-40(50)41-20-16-38(30-51(41)62)60(12,13)14)32-53-54(52)61(46(25-33)55(44)63)47-26-34(2)24-45-43-28-36(58(6,7)8)18-22-49(43)64(53)56(45)47/h15-32H,1-14H3. The van der Waals surface area contributed by atoms with E-state index >= 15 is 0 Å². The first-order chi connectivity index (χ1) is 30.1. The summed E-state index contributed by atoms with van der Waals surface area (Å²) < 4.78 is 7.92. The molecule has 0 atom stereocenters. The van der Waals surface area contributed by atoms with Crippen molar-refractivity contribution in [1.82, 2.24) is 13.7 Å². The van der Waals surface area contributed by atoms with E-state index in [9.17, 15) is 0 Å². The topological polar surface area (TPSA) is 14.8 Å². The van der Waals surface area contributed by atoms with Crippen LogP contribution in [0.2, 0.25) is 0 Å². The number of rotatable bonds is 1. The number of aromatic nitrogens is 3. The molecule has 5 heterocycles. The van der Waals surface area contributed by atoms with E-state index in [1.165, 1.54) is 132 Å². The molecule has 0 unspecified atom stereocenters. The largest absolute Gasteiger partial charge is 0.310 e. The lowest BCUT2D eigenvalue weighted by Crippen LogP contribution is -2.59. The van der Waals surface area contributed by atoms with Crippen LogP contribution in [0.5, 0.6) is 0 Å². The van der Waals surface area contributed by atoms with E-state index in [1.807, 2.05) is 0 Å². The average molecular weight is 834 g/mol. The Morgan fingerprint density at radius 1 is 0.344 bits per heavy atom. The van der Waals surface area contributed by atoms with Crippen LogP contribution < -0.4 is 16.4 Å². The highest BCUT2D eigenvalue weighted by atomic mass is 15.1. The lowest BCUT2D eigenvalue weighted by Gasteiger charge is -2.34. The number of hydrogen-bond donors (Lipinski definition) is 0. The van der Waals surface area contributed by atoms with E-state index < -0.39 is 0 Å². The van der Waals surface area contributed by atoms with Crippen LogP contribution >= 0.6 is 0 Å². The number of hydrogen-bond acceptors (Lipinski definition) is 0. The van der Waals surface area contributed by atoms with Crippen molar-refractivity contribution in [2.45, 2.75) is 119 Å². The predicted octanol–water partition coefficient (Wildman–Crippen LogP) is 13.9. The highest BCUT2D eigenvalue weighted by Gasteiger charge is 2.42. The molecule has 12 rings (SSSR count). The molecule has 0 amide bonds. The maximum atomic E-state index is 2.65. The van der Waals surface area contributed by atoms with Crippen LogP contribution in [0.1, 0.15) is 116 Å². The summed E-state index contributed by atoms with van der Waals surface area (Å²) in [6, 6.07) is 44.0. The molecule has 7 aromatic carbocycles. The molecule has 4 heteroatoms. The van der Waals surface area contributed by atoms with Crippen LogP contribution in [0.25, 0.3) is 82.5 Å². The molecule has 0 radical (unpaired) electrons. The van der Waals surface area contributed by atoms with Crippen LogP contribution in [0.3, 0.4) is 0 Å². The molecule has 3 aromatic heterocycles. The van der Waals surface area contributed by atoms with Crippen molar-refractivity contribution in [2.24, 2.45) is 0 Å². The van der Waals surface area contributed by atoms with Gasteiger partial charge in [-0.15, -0.1) is 0 Å². The summed E-state index contributed by atoms with van der Waals surface area (Å²) in [5.74, 6) is 0. The van der Waals surface area contributed by atoms with Crippen molar-refractivity contribution in [2.75, 3.05) is 0 Å². The van der Waals surface area contributed by atoms with Crippen molar-refractivity contribution < 1.29 is 0 Å². The van der Waals surface area contributed by atoms with E-state index in [-0.39, 0.29) is 28.4 Å². The van der Waals surface area contributed by atoms with Crippen molar-refractivity contribution in [3.05, 3.63) is 143 Å². The summed E-state index contributed by atoms with van der Waals surface area (Å²) in [6.45, 7) is 32.7. The second kappa shape index (κ2) is 12.4. The molecule has 0 fully saturated rings. The lowest BCUT2D eigenvalue weighted by atomic mass is 9.34. The van der Waals surface area contributed by atoms with Crippen LogP contribution in [0.15, 0.2) is 109 Å². The van der Waals surface area contributed by atoms with Gasteiger partial charge in [0.05, 0.1) is 27.8 Å². The summed E-state index contributed by atoms with van der Waals surface area (Å²) in [7, 11) is 0. The van der Waals surface area contributed by atoms with Crippen LogP contribution in [-0.4, -0.2) is 20.4 Å². The molecule has 2 aliphatic heterocycles. The average Bonchev–Trinajstić information content (AvgIpc) is 3.84. The summed E-state index contributed by atoms with van der Waals surface area (Å²) in [4.78, 5) is 0. The third-order valence-corrected chi connectivity index (χ3v) is 15.1. The first-order valence-electron chi connectivity index (χ1n) is 23.5. The zero-order valence-electron chi connectivity index (χ0n) is 40.3. The fourth-order valence-corrected chi connectivity index (χ4v) is 11.6. The second-order valence-corrected chi connectivity index (χ2v) is 23.8. The number of aryl methyl sites for hydroxylation is 2. The van der Waals surface area contributed by atoms with Crippen molar-refractivity contribution in [3.8, 4) is 17.1 Å². The molecule has 64 heavy (non-hydrogen) atoms. The summed E-state index contributed by atoms with van der Waals surface area (Å²) in [5.41, 5.74) is 23.8. The minimum absolute atomic E-state index is 0.00602. The molecule has 0 N–H and O–H groups in total. The van der Waals surface area contributed by atoms with E-state index in [0.717, 1.165) is 0 Å². The Labute approximate surface area is 378 Å². The van der Waals surface area contributed by atoms with Crippen molar-refractivity contribution in [1.29, 1.82) is 0 Å². The van der Waals surface area contributed by atoms with Crippen molar-refractivity contribution in [3.63, 3.8) is 0 Å². The van der Waals surface area contributed by atoms with Crippen LogP contribution in [0, 0.1) is 13.8 Å². The maximum absolute atomic E-state index is 2.65. The molecule has 0 aliphatic carbocycles. The zero-order valence-corrected chi connectivity index (χ0v) is 40.3. The van der Waals surface area contributed by atoms with Gasteiger partial charge in [0.2, 0.25) is 0 Å². The minimum atomic E-state index is -0.00602. The van der Waals surface area contributed by atoms with Gasteiger partial charge in [0.15, 0.2) is 0 Å². The number of fused-ring (bicyclic) bond motifs is 13. The van der Waals surface area contributed by atoms with Gasteiger partial charge < -0.3 is 13.7 Å². The van der Waals surface area contributed by atoms with Gasteiger partial charge in [0.25, 0.3) is 6.71 Å². The van der Waals surface area contributed by atoms with E-state index in [2.05, 4.69) is 220 Å². The first-order valence-corrected chi connectivity index (χ1v) is 23.5. The maximum Gasteiger partial charge on any atom is 0.252 e. The summed E-state index contributed by atoms with van der Waals surface area (Å²) in [6.07, 6.45) is 0. The lowest BCUT2D eigenvalue weighted by molar-refractivity contribution is 0.590. The third-order valence-electron chi connectivity index (χ3n) is 15.1. The Kier molecular flexibility index (Phi) is 7.68. The Morgan fingerprint density at radius 3 is 1.11 bits per heavy atom. The fraction of sp³-hybridized carbons (Fsp3) is 0.300. The molecular formula is C60H60BN3. The number of benzene rings is 7.